The Kier molecular flexibility index (Phi) is 1.98. The highest BCUT2D eigenvalue weighted by atomic mass is 16.5. The summed E-state index contributed by atoms with van der Waals surface area (Å²) in [5.74, 6) is 0.605. The molecule has 0 atom stereocenters. The maximum Gasteiger partial charge on any atom is 0.218 e. The summed E-state index contributed by atoms with van der Waals surface area (Å²) in [7, 11) is 1.59. The third kappa shape index (κ3) is 1.27. The molecule has 3 heteroatoms. The van der Waals surface area contributed by atoms with E-state index in [4.69, 9.17) is 10.5 Å². The van der Waals surface area contributed by atoms with Gasteiger partial charge in [0.2, 0.25) is 5.88 Å². The SMILES string of the molecule is COc1ncc(C)c(N)c1C. The minimum atomic E-state index is 0.605. The van der Waals surface area contributed by atoms with Crippen LogP contribution in [-0.4, -0.2) is 12.1 Å². The summed E-state index contributed by atoms with van der Waals surface area (Å²) in [4.78, 5) is 4.05. The van der Waals surface area contributed by atoms with Crippen molar-refractivity contribution in [3.05, 3.63) is 17.3 Å². The van der Waals surface area contributed by atoms with E-state index in [1.807, 2.05) is 13.8 Å². The zero-order valence-electron chi connectivity index (χ0n) is 7.01. The number of hydrogen-bond acceptors (Lipinski definition) is 3. The lowest BCUT2D eigenvalue weighted by atomic mass is 10.2. The van der Waals surface area contributed by atoms with Gasteiger partial charge in [0.05, 0.1) is 7.11 Å². The first-order valence-electron chi connectivity index (χ1n) is 3.42. The lowest BCUT2D eigenvalue weighted by molar-refractivity contribution is 0.395. The first-order valence-corrected chi connectivity index (χ1v) is 3.42. The molecule has 0 aliphatic heterocycles. The monoisotopic (exact) mass is 152 g/mol. The Balaban J connectivity index is 3.25. The van der Waals surface area contributed by atoms with Crippen LogP contribution in [0, 0.1) is 13.8 Å². The Hall–Kier alpha value is -1.25. The molecule has 1 aromatic rings. The number of hydrogen-bond donors (Lipinski definition) is 1. The predicted molar refractivity (Wildman–Crippen MR) is 44.7 cm³/mol. The molecule has 0 spiro atoms. The van der Waals surface area contributed by atoms with Gasteiger partial charge in [0.25, 0.3) is 0 Å². The fraction of sp³-hybridized carbons (Fsp3) is 0.375. The lowest BCUT2D eigenvalue weighted by Crippen LogP contribution is -1.98. The third-order valence-electron chi connectivity index (χ3n) is 1.72. The van der Waals surface area contributed by atoms with Gasteiger partial charge in [-0.25, -0.2) is 4.98 Å². The fourth-order valence-corrected chi connectivity index (χ4v) is 0.939. The van der Waals surface area contributed by atoms with E-state index < -0.39 is 0 Å². The molecule has 0 aliphatic rings. The van der Waals surface area contributed by atoms with Crippen molar-refractivity contribution in [3.8, 4) is 5.88 Å². The van der Waals surface area contributed by atoms with E-state index in [0.29, 0.717) is 5.88 Å². The van der Waals surface area contributed by atoms with Gasteiger partial charge >= 0.3 is 0 Å². The molecule has 0 saturated carbocycles. The van der Waals surface area contributed by atoms with Crippen LogP contribution < -0.4 is 10.5 Å². The molecule has 0 aliphatic carbocycles. The largest absolute Gasteiger partial charge is 0.481 e. The van der Waals surface area contributed by atoms with Crippen molar-refractivity contribution >= 4 is 5.69 Å². The Morgan fingerprint density at radius 1 is 1.45 bits per heavy atom. The van der Waals surface area contributed by atoms with Crippen LogP contribution in [0.3, 0.4) is 0 Å². The van der Waals surface area contributed by atoms with Gasteiger partial charge in [-0.15, -0.1) is 0 Å². The molecule has 0 bridgehead atoms. The van der Waals surface area contributed by atoms with Crippen molar-refractivity contribution in [1.82, 2.24) is 4.98 Å². The van der Waals surface area contributed by atoms with Crippen LogP contribution in [0.25, 0.3) is 0 Å². The van der Waals surface area contributed by atoms with Crippen molar-refractivity contribution in [2.24, 2.45) is 0 Å². The lowest BCUT2D eigenvalue weighted by Gasteiger charge is -2.07. The van der Waals surface area contributed by atoms with Gasteiger partial charge in [-0.1, -0.05) is 0 Å². The zero-order valence-corrected chi connectivity index (χ0v) is 7.01. The van der Waals surface area contributed by atoms with Gasteiger partial charge in [-0.3, -0.25) is 0 Å². The molecule has 0 radical (unpaired) electrons. The van der Waals surface area contributed by atoms with Gasteiger partial charge in [-0.05, 0) is 19.4 Å². The van der Waals surface area contributed by atoms with Gasteiger partial charge < -0.3 is 10.5 Å². The standard InChI is InChI=1S/C8H12N2O/c1-5-4-10-8(11-3)6(2)7(5)9/h4H,1-3H3,(H2,9,10). The van der Waals surface area contributed by atoms with Gasteiger partial charge in [0.1, 0.15) is 0 Å². The average Bonchev–Trinajstić information content (AvgIpc) is 2.01. The summed E-state index contributed by atoms with van der Waals surface area (Å²) in [5, 5.41) is 0. The second-order valence-electron chi connectivity index (χ2n) is 2.49. The number of aryl methyl sites for hydroxylation is 1. The van der Waals surface area contributed by atoms with Crippen molar-refractivity contribution in [1.29, 1.82) is 0 Å². The summed E-state index contributed by atoms with van der Waals surface area (Å²) in [6.07, 6.45) is 1.71. The minimum absolute atomic E-state index is 0.605. The number of rotatable bonds is 1. The number of ether oxygens (including phenoxy) is 1. The molecule has 1 heterocycles. The normalized spacial score (nSPS) is 9.73. The maximum atomic E-state index is 5.74. The van der Waals surface area contributed by atoms with Crippen LogP contribution in [0.1, 0.15) is 11.1 Å². The topological polar surface area (TPSA) is 48.1 Å². The summed E-state index contributed by atoms with van der Waals surface area (Å²) >= 11 is 0. The number of nitrogens with two attached hydrogens (primary N) is 1. The zero-order chi connectivity index (χ0) is 8.43. The van der Waals surface area contributed by atoms with Crippen LogP contribution >= 0.6 is 0 Å². The smallest absolute Gasteiger partial charge is 0.218 e. The van der Waals surface area contributed by atoms with E-state index in [1.165, 1.54) is 0 Å². The Bertz CT molecular complexity index is 271. The summed E-state index contributed by atoms with van der Waals surface area (Å²) < 4.78 is 4.99. The minimum Gasteiger partial charge on any atom is -0.481 e. The van der Waals surface area contributed by atoms with Crippen LogP contribution in [0.2, 0.25) is 0 Å². The molecule has 0 aromatic carbocycles. The number of nitrogens with zero attached hydrogens (tertiary/aromatic N) is 1. The first-order chi connectivity index (χ1) is 5.16. The molecule has 1 aromatic heterocycles. The molecule has 2 N–H and O–H groups in total. The second-order valence-corrected chi connectivity index (χ2v) is 2.49. The van der Waals surface area contributed by atoms with E-state index in [1.54, 1.807) is 13.3 Å². The Morgan fingerprint density at radius 2 is 2.09 bits per heavy atom. The fourth-order valence-electron chi connectivity index (χ4n) is 0.939. The van der Waals surface area contributed by atoms with Crippen molar-refractivity contribution < 1.29 is 4.74 Å². The highest BCUT2D eigenvalue weighted by Gasteiger charge is 2.04. The summed E-state index contributed by atoms with van der Waals surface area (Å²) in [5.41, 5.74) is 8.40. The maximum absolute atomic E-state index is 5.74. The highest BCUT2D eigenvalue weighted by molar-refractivity contribution is 5.55. The Labute approximate surface area is 66.2 Å². The van der Waals surface area contributed by atoms with Crippen molar-refractivity contribution in [2.75, 3.05) is 12.8 Å². The van der Waals surface area contributed by atoms with Crippen molar-refractivity contribution in [3.63, 3.8) is 0 Å². The van der Waals surface area contributed by atoms with Crippen LogP contribution in [-0.2, 0) is 0 Å². The average molecular weight is 152 g/mol. The molecule has 1 rings (SSSR count). The first kappa shape index (κ1) is 7.85. The van der Waals surface area contributed by atoms with Gasteiger partial charge in [-0.2, -0.15) is 0 Å². The van der Waals surface area contributed by atoms with Crippen LogP contribution in [0.15, 0.2) is 6.20 Å². The third-order valence-corrected chi connectivity index (χ3v) is 1.72. The van der Waals surface area contributed by atoms with Crippen LogP contribution in [0.5, 0.6) is 5.88 Å². The molecular formula is C8H12N2O. The van der Waals surface area contributed by atoms with E-state index in [9.17, 15) is 0 Å². The molecule has 0 saturated heterocycles. The van der Waals surface area contributed by atoms with Gasteiger partial charge in [0, 0.05) is 17.4 Å². The number of methoxy groups -OCH3 is 1. The molecule has 0 amide bonds. The van der Waals surface area contributed by atoms with E-state index in [-0.39, 0.29) is 0 Å². The molecule has 11 heavy (non-hydrogen) atoms. The number of aromatic nitrogens is 1. The summed E-state index contributed by atoms with van der Waals surface area (Å²) in [6, 6.07) is 0. The molecule has 0 unspecified atom stereocenters. The predicted octanol–water partition coefficient (Wildman–Crippen LogP) is 1.29. The highest BCUT2D eigenvalue weighted by Crippen LogP contribution is 2.22. The quantitative estimate of drug-likeness (QED) is 0.659. The van der Waals surface area contributed by atoms with Crippen molar-refractivity contribution in [2.45, 2.75) is 13.8 Å². The molecule has 0 fully saturated rings. The van der Waals surface area contributed by atoms with E-state index in [0.717, 1.165) is 16.8 Å². The molecule has 3 nitrogen and oxygen atoms in total. The Morgan fingerprint density at radius 3 is 2.64 bits per heavy atom. The van der Waals surface area contributed by atoms with Gasteiger partial charge in [0.15, 0.2) is 0 Å². The number of anilines is 1. The molecular weight excluding hydrogens is 140 g/mol. The number of pyridine rings is 1. The van der Waals surface area contributed by atoms with Crippen LogP contribution in [0.4, 0.5) is 5.69 Å². The second kappa shape index (κ2) is 2.78. The summed E-state index contributed by atoms with van der Waals surface area (Å²) in [6.45, 7) is 3.82. The number of nitrogen functional groups attached to an aromatic ring is 1. The molecule has 60 valence electrons. The van der Waals surface area contributed by atoms with E-state index in [2.05, 4.69) is 4.98 Å². The van der Waals surface area contributed by atoms with E-state index >= 15 is 0 Å².